The van der Waals surface area contributed by atoms with Gasteiger partial charge < -0.3 is 35.8 Å². The molecule has 0 unspecified atom stereocenters. The van der Waals surface area contributed by atoms with Crippen molar-refractivity contribution in [2.45, 2.75) is 44.2 Å². The van der Waals surface area contributed by atoms with Crippen molar-refractivity contribution >= 4 is 35.2 Å². The number of aliphatic hydroxyl groups is 3. The Morgan fingerprint density at radius 3 is 2.40 bits per heavy atom. The largest absolute Gasteiger partial charge is 0.510 e. The Labute approximate surface area is 243 Å². The number of primary amides is 1. The van der Waals surface area contributed by atoms with Gasteiger partial charge in [-0.25, -0.2) is 4.79 Å². The number of likely N-dealkylation sites (N-methyl/N-ethyl adjacent to an activating group) is 1. The highest BCUT2D eigenvalue weighted by molar-refractivity contribution is 6.25. The molecule has 1 aromatic rings. The maximum Gasteiger partial charge on any atom is 0.330 e. The fraction of sp³-hybridized carbons (Fsp3) is 0.467. The van der Waals surface area contributed by atoms with E-state index in [1.165, 1.54) is 11.0 Å². The van der Waals surface area contributed by atoms with Gasteiger partial charge in [-0.15, -0.1) is 0 Å². The van der Waals surface area contributed by atoms with E-state index in [-0.39, 0.29) is 36.1 Å². The number of aromatic hydroxyl groups is 1. The Bertz CT molecular complexity index is 1460. The number of carbonyl (C=O) groups excluding carboxylic acids is 4. The van der Waals surface area contributed by atoms with Crippen molar-refractivity contribution in [3.63, 3.8) is 0 Å². The van der Waals surface area contributed by atoms with Crippen LogP contribution in [-0.2, 0) is 25.5 Å². The molecule has 226 valence electrons. The number of rotatable bonds is 8. The number of benzene rings is 1. The van der Waals surface area contributed by atoms with Crippen LogP contribution in [0.4, 0.5) is 5.69 Å². The Balaban J connectivity index is 1.87. The highest BCUT2D eigenvalue weighted by atomic mass is 16.5. The molecule has 0 saturated heterocycles. The van der Waals surface area contributed by atoms with Gasteiger partial charge in [-0.2, -0.15) is 0 Å². The molecule has 12 nitrogen and oxygen atoms in total. The highest BCUT2D eigenvalue weighted by Crippen LogP contribution is 2.53. The van der Waals surface area contributed by atoms with Crippen LogP contribution in [0.25, 0.3) is 6.08 Å². The van der Waals surface area contributed by atoms with E-state index in [0.29, 0.717) is 17.7 Å². The monoisotopic (exact) mass is 583 g/mol. The van der Waals surface area contributed by atoms with Crippen LogP contribution in [0, 0.1) is 11.8 Å². The molecule has 0 fully saturated rings. The molecular formula is C30H37N3O9. The lowest BCUT2D eigenvalue weighted by molar-refractivity contribution is -0.148. The fourth-order valence-electron chi connectivity index (χ4n) is 6.37. The van der Waals surface area contributed by atoms with Crippen molar-refractivity contribution in [3.8, 4) is 5.75 Å². The van der Waals surface area contributed by atoms with Gasteiger partial charge in [0.2, 0.25) is 5.78 Å². The number of nitrogens with two attached hydrogens (primary N) is 1. The third-order valence-corrected chi connectivity index (χ3v) is 8.35. The number of phenols is 1. The molecule has 0 aromatic heterocycles. The van der Waals surface area contributed by atoms with Crippen LogP contribution in [0.3, 0.4) is 0 Å². The maximum atomic E-state index is 14.0. The molecule has 0 radical (unpaired) electrons. The summed E-state index contributed by atoms with van der Waals surface area (Å²) < 4.78 is 5.13. The van der Waals surface area contributed by atoms with Crippen molar-refractivity contribution in [2.75, 3.05) is 39.7 Å². The van der Waals surface area contributed by atoms with Crippen LogP contribution < -0.4 is 10.6 Å². The number of aliphatic hydroxyl groups excluding tert-OH is 2. The summed E-state index contributed by atoms with van der Waals surface area (Å²) in [6, 6.07) is 0.563. The van der Waals surface area contributed by atoms with E-state index in [0.717, 1.165) is 12.5 Å². The molecule has 4 atom stereocenters. The average molecular weight is 584 g/mol. The third kappa shape index (κ3) is 4.74. The third-order valence-electron chi connectivity index (χ3n) is 8.35. The fourth-order valence-corrected chi connectivity index (χ4v) is 6.37. The molecule has 12 heteroatoms. The molecular weight excluding hydrogens is 546 g/mol. The van der Waals surface area contributed by atoms with E-state index in [9.17, 15) is 39.6 Å². The predicted molar refractivity (Wildman–Crippen MR) is 153 cm³/mol. The summed E-state index contributed by atoms with van der Waals surface area (Å²) in [5.41, 5.74) is 2.62. The number of phenolic OH excluding ortho intramolecular Hbond substituents is 1. The molecule has 0 heterocycles. The number of carbonyl (C=O) groups is 4. The number of amides is 1. The van der Waals surface area contributed by atoms with Crippen LogP contribution in [0.1, 0.15) is 47.7 Å². The highest BCUT2D eigenvalue weighted by Gasteiger charge is 2.63. The van der Waals surface area contributed by atoms with Crippen molar-refractivity contribution in [1.29, 1.82) is 0 Å². The molecule has 42 heavy (non-hydrogen) atoms. The zero-order valence-corrected chi connectivity index (χ0v) is 24.3. The lowest BCUT2D eigenvalue weighted by Gasteiger charge is -2.50. The Morgan fingerprint density at radius 1 is 1.17 bits per heavy atom. The van der Waals surface area contributed by atoms with Crippen LogP contribution >= 0.6 is 0 Å². The number of allylic oxidation sites excluding steroid dienone is 1. The van der Waals surface area contributed by atoms with Crippen LogP contribution in [-0.4, -0.2) is 95.2 Å². The number of nitrogens with zero attached hydrogens (tertiary/aromatic N) is 2. The number of Topliss-reactive ketones (excluding diaryl/α,β-unsaturated/α-hetero) is 2. The summed E-state index contributed by atoms with van der Waals surface area (Å²) in [5, 5.41) is 45.4. The minimum absolute atomic E-state index is 0.00928. The summed E-state index contributed by atoms with van der Waals surface area (Å²) in [4.78, 5) is 55.0. The van der Waals surface area contributed by atoms with Crippen LogP contribution in [0.5, 0.6) is 5.75 Å². The molecule has 1 amide bonds. The van der Waals surface area contributed by atoms with Gasteiger partial charge in [-0.3, -0.25) is 19.3 Å². The molecule has 3 aliphatic carbocycles. The van der Waals surface area contributed by atoms with Gasteiger partial charge in [0.15, 0.2) is 11.4 Å². The van der Waals surface area contributed by atoms with Gasteiger partial charge >= 0.3 is 5.97 Å². The number of anilines is 1. The summed E-state index contributed by atoms with van der Waals surface area (Å²) in [6.07, 6.45) is 4.16. The lowest BCUT2D eigenvalue weighted by atomic mass is 9.58. The summed E-state index contributed by atoms with van der Waals surface area (Å²) >= 11 is 0. The van der Waals surface area contributed by atoms with Crippen molar-refractivity contribution < 1.29 is 44.3 Å². The number of hydrogen-bond acceptors (Lipinski definition) is 11. The molecule has 0 spiro atoms. The lowest BCUT2D eigenvalue weighted by Crippen LogP contribution is -2.63. The second-order valence-corrected chi connectivity index (χ2v) is 11.4. The standard InChI is InChI=1S/C30H37N3O9/c1-6-7-10-42-19(34)9-8-14-13-18(32(2)3)16-11-15-12-17-23(33(4)5)26(37)22(29(31)40)28(39)30(17,41)27(38)20(15)25(36)21(16)24(14)35/h8-9,13,15,17,23,35,37-38,41H,6-7,10-12H2,1-5H3,(H2,31,40)/b9-8+/t15-,17-,23+,30-/m1/s1. The van der Waals surface area contributed by atoms with Crippen molar-refractivity contribution in [1.82, 2.24) is 4.90 Å². The molecule has 3 aliphatic rings. The molecule has 4 rings (SSSR count). The van der Waals surface area contributed by atoms with Gasteiger partial charge in [-0.1, -0.05) is 13.3 Å². The van der Waals surface area contributed by atoms with E-state index in [2.05, 4.69) is 0 Å². The van der Waals surface area contributed by atoms with Gasteiger partial charge in [0.1, 0.15) is 22.8 Å². The molecule has 0 aliphatic heterocycles. The van der Waals surface area contributed by atoms with E-state index in [4.69, 9.17) is 10.5 Å². The second kappa shape index (κ2) is 11.3. The van der Waals surface area contributed by atoms with Crippen molar-refractivity contribution in [2.24, 2.45) is 17.6 Å². The quantitative estimate of drug-likeness (QED) is 0.129. The smallest absolute Gasteiger partial charge is 0.330 e. The van der Waals surface area contributed by atoms with Crippen LogP contribution in [0.2, 0.25) is 0 Å². The van der Waals surface area contributed by atoms with Gasteiger partial charge in [-0.05, 0) is 57.0 Å². The predicted octanol–water partition coefficient (Wildman–Crippen LogP) is 1.54. The number of fused-ring (bicyclic) bond motifs is 3. The number of ether oxygens (including phenoxy) is 1. The van der Waals surface area contributed by atoms with Gasteiger partial charge in [0.25, 0.3) is 5.91 Å². The Hall–Kier alpha value is -4.16. The van der Waals surface area contributed by atoms with E-state index < -0.39 is 69.8 Å². The SMILES string of the molecule is CCCCOC(=O)/C=C/c1cc(N(C)C)c2c(c1O)C(=O)C1=C(O)[C@@]3(O)C(=O)C(C(N)=O)=C(O)[C@@H](N(C)C)[C@H]3C[C@H]1C2. The zero-order chi connectivity index (χ0) is 31.3. The number of unbranched alkanes of at least 4 members (excludes halogenated alkanes) is 1. The summed E-state index contributed by atoms with van der Waals surface area (Å²) in [5.74, 6) is -7.81. The van der Waals surface area contributed by atoms with E-state index >= 15 is 0 Å². The summed E-state index contributed by atoms with van der Waals surface area (Å²) in [6.45, 7) is 2.20. The van der Waals surface area contributed by atoms with E-state index in [1.54, 1.807) is 39.2 Å². The Morgan fingerprint density at radius 2 is 1.83 bits per heavy atom. The topological polar surface area (TPSA) is 191 Å². The number of esters is 1. The minimum Gasteiger partial charge on any atom is -0.510 e. The molecule has 6 N–H and O–H groups in total. The first-order valence-electron chi connectivity index (χ1n) is 13.7. The van der Waals surface area contributed by atoms with Gasteiger partial charge in [0.05, 0.1) is 18.2 Å². The first-order valence-corrected chi connectivity index (χ1v) is 13.7. The second-order valence-electron chi connectivity index (χ2n) is 11.4. The Kier molecular flexibility index (Phi) is 8.25. The van der Waals surface area contributed by atoms with Gasteiger partial charge in [0, 0.05) is 42.9 Å². The van der Waals surface area contributed by atoms with E-state index in [1.807, 2.05) is 6.92 Å². The zero-order valence-electron chi connectivity index (χ0n) is 24.3. The average Bonchev–Trinajstić information content (AvgIpc) is 2.89. The normalized spacial score (nSPS) is 25.5. The maximum absolute atomic E-state index is 14.0. The molecule has 0 saturated carbocycles. The molecule has 1 aromatic carbocycles. The first kappa shape index (κ1) is 30.8. The van der Waals surface area contributed by atoms with Crippen LogP contribution in [0.15, 0.2) is 34.8 Å². The number of hydrogen-bond donors (Lipinski definition) is 5. The van der Waals surface area contributed by atoms with Crippen molar-refractivity contribution in [3.05, 3.63) is 51.5 Å². The first-order chi connectivity index (χ1) is 19.7. The minimum atomic E-state index is -2.72. The number of ketones is 2. The summed E-state index contributed by atoms with van der Waals surface area (Å²) in [7, 11) is 6.65. The molecule has 0 bridgehead atoms.